The highest BCUT2D eigenvalue weighted by Crippen LogP contribution is 2.32. The van der Waals surface area contributed by atoms with Crippen LogP contribution >= 0.6 is 23.2 Å². The molecule has 0 amide bonds. The zero-order valence-electron chi connectivity index (χ0n) is 28.9. The van der Waals surface area contributed by atoms with E-state index in [1.165, 1.54) is 13.0 Å². The van der Waals surface area contributed by atoms with Gasteiger partial charge in [-0.1, -0.05) is 79.5 Å². The molecule has 0 radical (unpaired) electrons. The van der Waals surface area contributed by atoms with Crippen LogP contribution in [0.4, 0.5) is 13.2 Å². The maximum Gasteiger partial charge on any atom is 0.416 e. The number of allylic oxidation sites excluding steroid dienone is 6. The lowest BCUT2D eigenvalue weighted by atomic mass is 10.0. The van der Waals surface area contributed by atoms with E-state index in [9.17, 15) is 23.1 Å². The van der Waals surface area contributed by atoms with Crippen molar-refractivity contribution in [1.82, 2.24) is 9.55 Å². The molecule has 4 rings (SSSR count). The molecule has 10 heteroatoms. The van der Waals surface area contributed by atoms with E-state index in [4.69, 9.17) is 32.9 Å². The van der Waals surface area contributed by atoms with Crippen LogP contribution < -0.4 is 0 Å². The summed E-state index contributed by atoms with van der Waals surface area (Å²) in [6, 6.07) is 19.9. The molecule has 0 bridgehead atoms. The standard InChI is InChI=1S/C38H35Cl2F3N2O3.C2H6/c1-5-29(38(41,42)43)15-8-25(4)48-32(6-2)19-7-24(3)27-11-9-26(10-12-27)21-36-44-35(33-20-16-30(39)22-34(33)40)23-45(36)31-17-13-28(14-18-31)37(46)47;1-2/h5-18,20,22-23,25H,19,21H2,1-4H3,(H,46,47);1-2H3/b15-8-,24-7+,29-5+,32-6+;. The number of imidazole rings is 1. The van der Waals surface area contributed by atoms with E-state index in [0.717, 1.165) is 45.9 Å². The second kappa shape index (κ2) is 18.5. The molecule has 1 heterocycles. The van der Waals surface area contributed by atoms with E-state index >= 15 is 0 Å². The summed E-state index contributed by atoms with van der Waals surface area (Å²) in [5.74, 6) is 0.376. The van der Waals surface area contributed by atoms with Gasteiger partial charge in [0.05, 0.1) is 27.6 Å². The number of hydrogen-bond donors (Lipinski definition) is 1. The molecular formula is C40H41Cl2F3N2O3. The van der Waals surface area contributed by atoms with Gasteiger partial charge in [0.15, 0.2) is 0 Å². The van der Waals surface area contributed by atoms with Crippen LogP contribution in [0, 0.1) is 0 Å². The lowest BCUT2D eigenvalue weighted by molar-refractivity contribution is -0.0883. The van der Waals surface area contributed by atoms with Crippen molar-refractivity contribution in [3.63, 3.8) is 0 Å². The van der Waals surface area contributed by atoms with E-state index in [0.29, 0.717) is 34.3 Å². The number of aromatic carboxylic acids is 1. The number of aromatic nitrogens is 2. The van der Waals surface area contributed by atoms with E-state index in [2.05, 4.69) is 0 Å². The van der Waals surface area contributed by atoms with Crippen molar-refractivity contribution < 1.29 is 27.8 Å². The molecule has 3 aromatic carbocycles. The quantitative estimate of drug-likeness (QED) is 0.117. The van der Waals surface area contributed by atoms with Crippen molar-refractivity contribution in [3.05, 3.63) is 147 Å². The number of nitrogens with zero attached hydrogens (tertiary/aromatic N) is 2. The number of carboxylic acid groups (broad SMARTS) is 1. The molecule has 0 aliphatic rings. The Labute approximate surface area is 302 Å². The Morgan fingerprint density at radius 1 is 0.980 bits per heavy atom. The van der Waals surface area contributed by atoms with Crippen LogP contribution in [0.1, 0.15) is 75.3 Å². The number of carboxylic acids is 1. The minimum atomic E-state index is -4.41. The van der Waals surface area contributed by atoms with Gasteiger partial charge in [-0.25, -0.2) is 9.78 Å². The van der Waals surface area contributed by atoms with Gasteiger partial charge in [0.2, 0.25) is 0 Å². The summed E-state index contributed by atoms with van der Waals surface area (Å²) >= 11 is 12.6. The Bertz CT molecular complexity index is 1870. The van der Waals surface area contributed by atoms with Gasteiger partial charge in [-0.2, -0.15) is 13.2 Å². The van der Waals surface area contributed by atoms with Crippen LogP contribution in [-0.4, -0.2) is 32.9 Å². The van der Waals surface area contributed by atoms with Gasteiger partial charge < -0.3 is 14.4 Å². The summed E-state index contributed by atoms with van der Waals surface area (Å²) in [6.45, 7) is 10.9. The van der Waals surface area contributed by atoms with Gasteiger partial charge in [0.1, 0.15) is 11.9 Å². The van der Waals surface area contributed by atoms with Crippen molar-refractivity contribution in [3.8, 4) is 16.9 Å². The zero-order chi connectivity index (χ0) is 37.0. The second-order valence-electron chi connectivity index (χ2n) is 11.0. The van der Waals surface area contributed by atoms with Gasteiger partial charge in [-0.15, -0.1) is 0 Å². The molecule has 5 nitrogen and oxygen atoms in total. The monoisotopic (exact) mass is 724 g/mol. The van der Waals surface area contributed by atoms with Gasteiger partial charge in [0.25, 0.3) is 0 Å². The van der Waals surface area contributed by atoms with Crippen molar-refractivity contribution in [1.29, 1.82) is 0 Å². The summed E-state index contributed by atoms with van der Waals surface area (Å²) in [5.41, 5.74) is 4.62. The molecule has 0 spiro atoms. The molecule has 0 saturated carbocycles. The van der Waals surface area contributed by atoms with Crippen molar-refractivity contribution in [2.75, 3.05) is 0 Å². The predicted octanol–water partition coefficient (Wildman–Crippen LogP) is 12.3. The first-order valence-corrected chi connectivity index (χ1v) is 16.9. The van der Waals surface area contributed by atoms with Crippen LogP contribution in [0.2, 0.25) is 10.0 Å². The average Bonchev–Trinajstić information content (AvgIpc) is 3.50. The first kappa shape index (κ1) is 39.9. The number of benzene rings is 3. The topological polar surface area (TPSA) is 64.4 Å². The number of halogens is 5. The van der Waals surface area contributed by atoms with E-state index in [-0.39, 0.29) is 5.56 Å². The van der Waals surface area contributed by atoms with Gasteiger partial charge in [-0.3, -0.25) is 0 Å². The normalized spacial score (nSPS) is 13.2. The molecule has 4 aromatic rings. The highest BCUT2D eigenvalue weighted by Gasteiger charge is 2.31. The number of ether oxygens (including phenoxy) is 1. The minimum Gasteiger partial charge on any atom is -0.491 e. The Kier molecular flexibility index (Phi) is 14.7. The summed E-state index contributed by atoms with van der Waals surface area (Å²) < 4.78 is 46.8. The molecule has 0 fully saturated rings. The van der Waals surface area contributed by atoms with Crippen LogP contribution in [0.5, 0.6) is 0 Å². The zero-order valence-corrected chi connectivity index (χ0v) is 30.4. The van der Waals surface area contributed by atoms with Crippen LogP contribution in [0.25, 0.3) is 22.5 Å². The largest absolute Gasteiger partial charge is 0.491 e. The third-order valence-corrected chi connectivity index (χ3v) is 8.15. The number of alkyl halides is 3. The van der Waals surface area contributed by atoms with Crippen LogP contribution in [0.15, 0.2) is 115 Å². The van der Waals surface area contributed by atoms with Crippen molar-refractivity contribution in [2.24, 2.45) is 0 Å². The molecule has 264 valence electrons. The van der Waals surface area contributed by atoms with Gasteiger partial charge in [0, 0.05) is 35.3 Å². The molecule has 50 heavy (non-hydrogen) atoms. The Morgan fingerprint density at radius 2 is 1.62 bits per heavy atom. The summed E-state index contributed by atoms with van der Waals surface area (Å²) in [5, 5.41) is 10.3. The predicted molar refractivity (Wildman–Crippen MR) is 198 cm³/mol. The summed E-state index contributed by atoms with van der Waals surface area (Å²) in [4.78, 5) is 16.3. The van der Waals surface area contributed by atoms with Crippen molar-refractivity contribution in [2.45, 2.75) is 66.7 Å². The fourth-order valence-corrected chi connectivity index (χ4v) is 5.41. The molecule has 1 N–H and O–H groups in total. The summed E-state index contributed by atoms with van der Waals surface area (Å²) in [7, 11) is 0. The van der Waals surface area contributed by atoms with E-state index in [1.54, 1.807) is 49.4 Å². The summed E-state index contributed by atoms with van der Waals surface area (Å²) in [6.07, 6.45) is 5.17. The van der Waals surface area contributed by atoms with Gasteiger partial charge in [-0.05, 0) is 99.0 Å². The molecule has 1 atom stereocenters. The third kappa shape index (κ3) is 11.0. The smallest absolute Gasteiger partial charge is 0.416 e. The molecule has 1 unspecified atom stereocenters. The van der Waals surface area contributed by atoms with Gasteiger partial charge >= 0.3 is 12.1 Å². The highest BCUT2D eigenvalue weighted by molar-refractivity contribution is 6.36. The maximum absolute atomic E-state index is 13.0. The average molecular weight is 726 g/mol. The number of rotatable bonds is 12. The third-order valence-electron chi connectivity index (χ3n) is 7.60. The fraction of sp³-hybridized carbons (Fsp3) is 0.250. The first-order valence-electron chi connectivity index (χ1n) is 16.2. The molecule has 0 aliphatic carbocycles. The Hall–Kier alpha value is -4.53. The van der Waals surface area contributed by atoms with Crippen molar-refractivity contribution >= 4 is 34.7 Å². The highest BCUT2D eigenvalue weighted by atomic mass is 35.5. The number of hydrogen-bond acceptors (Lipinski definition) is 3. The molecule has 0 saturated heterocycles. The number of carbonyl (C=O) groups is 1. The van der Waals surface area contributed by atoms with E-state index in [1.807, 2.05) is 74.9 Å². The SMILES string of the molecule is C/C=C(\C/C=C(\C)c1ccc(Cc2nc(-c3ccc(Cl)cc3Cl)cn2-c2ccc(C(=O)O)cc2)cc1)OC(C)/C=C\C(=C/C)C(F)(F)F.CC. The Balaban J connectivity index is 0.00000332. The lowest BCUT2D eigenvalue weighted by Gasteiger charge is -2.14. The first-order chi connectivity index (χ1) is 23.8. The van der Waals surface area contributed by atoms with Crippen LogP contribution in [-0.2, 0) is 11.2 Å². The maximum atomic E-state index is 13.0. The molecule has 1 aromatic heterocycles. The molecular weight excluding hydrogens is 684 g/mol. The minimum absolute atomic E-state index is 0.184. The second-order valence-corrected chi connectivity index (χ2v) is 11.9. The fourth-order valence-electron chi connectivity index (χ4n) is 4.90. The Morgan fingerprint density at radius 3 is 2.18 bits per heavy atom. The lowest BCUT2D eigenvalue weighted by Crippen LogP contribution is -2.11. The van der Waals surface area contributed by atoms with Crippen LogP contribution in [0.3, 0.4) is 0 Å². The van der Waals surface area contributed by atoms with E-state index < -0.39 is 23.8 Å². The molecule has 0 aliphatic heterocycles.